The van der Waals surface area contributed by atoms with Crippen LogP contribution in [0, 0.1) is 29.6 Å². The zero-order valence-corrected chi connectivity index (χ0v) is 30.2. The van der Waals surface area contributed by atoms with Crippen molar-refractivity contribution in [3.05, 3.63) is 66.7 Å². The average molecular weight is 706 g/mol. The van der Waals surface area contributed by atoms with Gasteiger partial charge in [0, 0.05) is 53.7 Å². The number of Topliss-reactive ketones (excluding diaryl/α,β-unsaturated/α-hetero) is 2. The van der Waals surface area contributed by atoms with Crippen molar-refractivity contribution in [3.8, 4) is 22.8 Å². The number of amides is 2. The molecule has 3 aromatic rings. The summed E-state index contributed by atoms with van der Waals surface area (Å²) >= 11 is 0. The lowest BCUT2D eigenvalue weighted by Gasteiger charge is -2.25. The molecule has 3 N–H and O–H groups in total. The Morgan fingerprint density at radius 1 is 0.923 bits per heavy atom. The number of benzene rings is 2. The summed E-state index contributed by atoms with van der Waals surface area (Å²) in [5.74, 6) is -1.10. The molecule has 0 bridgehead atoms. The van der Waals surface area contributed by atoms with Crippen LogP contribution in [0.25, 0.3) is 22.2 Å². The number of carbonyl (C=O) groups excluding carboxylic acids is 4. The first-order valence-corrected chi connectivity index (χ1v) is 19.3. The third kappa shape index (κ3) is 7.79. The van der Waals surface area contributed by atoms with Crippen LogP contribution in [0.3, 0.4) is 0 Å². The van der Waals surface area contributed by atoms with Crippen LogP contribution in [0.2, 0.25) is 0 Å². The number of ketones is 2. The summed E-state index contributed by atoms with van der Waals surface area (Å²) in [6.45, 7) is 0. The molecule has 0 saturated heterocycles. The zero-order valence-electron chi connectivity index (χ0n) is 30.2. The molecular weight excluding hydrogens is 654 g/mol. The van der Waals surface area contributed by atoms with Gasteiger partial charge in [0.05, 0.1) is 24.2 Å². The molecule has 52 heavy (non-hydrogen) atoms. The van der Waals surface area contributed by atoms with Crippen LogP contribution in [0.1, 0.15) is 89.9 Å². The second-order valence-electron chi connectivity index (χ2n) is 15.6. The van der Waals surface area contributed by atoms with Gasteiger partial charge in [-0.3, -0.25) is 19.2 Å². The van der Waals surface area contributed by atoms with Gasteiger partial charge in [0.1, 0.15) is 34.7 Å². The quantitative estimate of drug-likeness (QED) is 0.223. The van der Waals surface area contributed by atoms with E-state index >= 15 is 0 Å². The Kier molecular flexibility index (Phi) is 10.8. The summed E-state index contributed by atoms with van der Waals surface area (Å²) in [7, 11) is 1.62. The van der Waals surface area contributed by atoms with Crippen LogP contribution in [0.5, 0.6) is 11.5 Å². The molecule has 1 aliphatic heterocycles. The molecule has 6 atom stereocenters. The van der Waals surface area contributed by atoms with E-state index in [9.17, 15) is 19.2 Å². The van der Waals surface area contributed by atoms with Gasteiger partial charge in [0.2, 0.25) is 11.8 Å². The fraction of sp³-hybridized carbons (Fsp3) is 0.512. The highest BCUT2D eigenvalue weighted by Crippen LogP contribution is 2.47. The monoisotopic (exact) mass is 705 g/mol. The van der Waals surface area contributed by atoms with Crippen molar-refractivity contribution in [3.63, 3.8) is 0 Å². The van der Waals surface area contributed by atoms with E-state index in [1.54, 1.807) is 7.11 Å². The van der Waals surface area contributed by atoms with Gasteiger partial charge in [-0.1, -0.05) is 81.0 Å². The van der Waals surface area contributed by atoms with Crippen molar-refractivity contribution in [2.45, 2.75) is 102 Å². The second-order valence-corrected chi connectivity index (χ2v) is 15.6. The minimum absolute atomic E-state index is 0.0335. The van der Waals surface area contributed by atoms with Crippen molar-refractivity contribution in [2.24, 2.45) is 35.3 Å². The number of nitrogens with one attached hydrogen (secondary N) is 1. The average Bonchev–Trinajstić information content (AvgIpc) is 3.41. The lowest BCUT2D eigenvalue weighted by molar-refractivity contribution is -0.137. The lowest BCUT2D eigenvalue weighted by atomic mass is 9.79. The molecule has 0 radical (unpaired) electrons. The Morgan fingerprint density at radius 3 is 2.46 bits per heavy atom. The number of nitrogens with two attached hydrogens (primary N) is 1. The topological polar surface area (TPSA) is 138 Å². The van der Waals surface area contributed by atoms with E-state index in [4.69, 9.17) is 20.2 Å². The molecule has 4 aliphatic rings. The molecule has 1 unspecified atom stereocenters. The Balaban J connectivity index is 1.20. The van der Waals surface area contributed by atoms with Gasteiger partial charge in [-0.05, 0) is 56.6 Å². The van der Waals surface area contributed by atoms with Crippen molar-refractivity contribution in [1.29, 1.82) is 0 Å². The minimum Gasteiger partial charge on any atom is -0.497 e. The summed E-state index contributed by atoms with van der Waals surface area (Å²) < 4.78 is 12.3. The highest BCUT2D eigenvalue weighted by molar-refractivity contribution is 5.98. The first-order valence-electron chi connectivity index (χ1n) is 19.3. The highest BCUT2D eigenvalue weighted by Gasteiger charge is 2.60. The minimum atomic E-state index is -1.15. The van der Waals surface area contributed by atoms with Crippen LogP contribution in [-0.4, -0.2) is 47.1 Å². The van der Waals surface area contributed by atoms with Crippen LogP contribution >= 0.6 is 0 Å². The molecule has 7 rings (SSSR count). The second kappa shape index (κ2) is 15.6. The number of primary amides is 1. The number of rotatable bonds is 9. The third-order valence-corrected chi connectivity index (χ3v) is 12.0. The van der Waals surface area contributed by atoms with E-state index in [1.165, 1.54) is 0 Å². The Labute approximate surface area is 306 Å². The molecule has 9 heteroatoms. The fourth-order valence-corrected chi connectivity index (χ4v) is 8.98. The number of aromatic nitrogens is 1. The molecular formula is C43H51N3O6. The summed E-state index contributed by atoms with van der Waals surface area (Å²) in [6.07, 6.45) is 14.1. The van der Waals surface area contributed by atoms with Crippen molar-refractivity contribution in [1.82, 2.24) is 10.3 Å². The molecule has 3 saturated carbocycles. The SMILES string of the molecule is COc1ccc2c(O[C@H]3CC4C(=O)[C@@H](CC(=O)CC5CCCC5)CCCCC/C=C\[C@@H]5C[C@@]5(C(N)=O)NC(=O)[C@@H]4C3)cc(-c3ccccc3)nc2c1. The number of carbonyl (C=O) groups is 4. The van der Waals surface area contributed by atoms with Gasteiger partial charge < -0.3 is 20.5 Å². The Hall–Kier alpha value is -4.53. The molecule has 3 aliphatic carbocycles. The fourth-order valence-electron chi connectivity index (χ4n) is 8.98. The van der Waals surface area contributed by atoms with Gasteiger partial charge in [0.15, 0.2) is 0 Å². The van der Waals surface area contributed by atoms with E-state index in [2.05, 4.69) is 11.4 Å². The molecule has 2 aromatic carbocycles. The molecule has 9 nitrogen and oxygen atoms in total. The summed E-state index contributed by atoms with van der Waals surface area (Å²) in [6, 6.07) is 17.4. The number of pyridine rings is 1. The predicted octanol–water partition coefficient (Wildman–Crippen LogP) is 7.29. The number of methoxy groups -OCH3 is 1. The predicted molar refractivity (Wildman–Crippen MR) is 199 cm³/mol. The number of ether oxygens (including phenoxy) is 2. The van der Waals surface area contributed by atoms with Gasteiger partial charge >= 0.3 is 0 Å². The third-order valence-electron chi connectivity index (χ3n) is 12.0. The van der Waals surface area contributed by atoms with Crippen molar-refractivity contribution >= 4 is 34.3 Å². The molecule has 2 amide bonds. The van der Waals surface area contributed by atoms with Gasteiger partial charge in [-0.25, -0.2) is 4.98 Å². The standard InChI is InChI=1S/C43H51N3O6/c1-51-32-18-19-34-38(24-32)45-37(28-14-7-5-8-15-28)25-39(34)52-33-22-35-36(23-33)41(49)46-43(42(44)50)26-30(43)17-9-4-2-3-6-16-29(40(35)48)21-31(47)20-27-12-10-11-13-27/h5,7-9,14-15,17-19,24-25,27,29-30,33,35-36H,2-4,6,10-13,16,20-23,26H2,1H3,(H2,44,50)(H,46,49)/b17-9-/t29-,30-,33+,35?,36-,43-/m1/s1. The van der Waals surface area contributed by atoms with E-state index in [-0.39, 0.29) is 29.8 Å². The zero-order chi connectivity index (χ0) is 36.2. The molecule has 1 aromatic heterocycles. The van der Waals surface area contributed by atoms with Gasteiger partial charge in [0.25, 0.3) is 0 Å². The van der Waals surface area contributed by atoms with E-state index < -0.39 is 35.3 Å². The number of hydrogen-bond donors (Lipinski definition) is 2. The molecule has 0 spiro atoms. The smallest absolute Gasteiger partial charge is 0.243 e. The summed E-state index contributed by atoms with van der Waals surface area (Å²) in [4.78, 5) is 60.1. The maximum Gasteiger partial charge on any atom is 0.243 e. The Morgan fingerprint density at radius 2 is 1.69 bits per heavy atom. The van der Waals surface area contributed by atoms with Gasteiger partial charge in [-0.2, -0.15) is 0 Å². The number of fused-ring (bicyclic) bond motifs is 3. The van der Waals surface area contributed by atoms with Crippen molar-refractivity contribution < 1.29 is 28.7 Å². The van der Waals surface area contributed by atoms with Gasteiger partial charge in [-0.15, -0.1) is 0 Å². The normalized spacial score (nSPS) is 28.9. The maximum absolute atomic E-state index is 14.7. The molecule has 2 heterocycles. The van der Waals surface area contributed by atoms with Crippen LogP contribution < -0.4 is 20.5 Å². The summed E-state index contributed by atoms with van der Waals surface area (Å²) in [5, 5.41) is 3.82. The summed E-state index contributed by atoms with van der Waals surface area (Å²) in [5.41, 5.74) is 7.12. The number of hydrogen-bond acceptors (Lipinski definition) is 7. The molecule has 3 fully saturated rings. The Bertz CT molecular complexity index is 1840. The lowest BCUT2D eigenvalue weighted by Crippen LogP contribution is -2.51. The van der Waals surface area contributed by atoms with Crippen LogP contribution in [-0.2, 0) is 19.2 Å². The number of nitrogens with zero attached hydrogens (tertiary/aromatic N) is 1. The first kappa shape index (κ1) is 35.9. The van der Waals surface area contributed by atoms with Crippen LogP contribution in [0.4, 0.5) is 0 Å². The first-order chi connectivity index (χ1) is 25.2. The van der Waals surface area contributed by atoms with E-state index in [0.717, 1.165) is 68.0 Å². The number of allylic oxidation sites excluding steroid dienone is 1. The maximum atomic E-state index is 14.7. The van der Waals surface area contributed by atoms with Crippen LogP contribution in [0.15, 0.2) is 66.7 Å². The highest BCUT2D eigenvalue weighted by atomic mass is 16.5. The largest absolute Gasteiger partial charge is 0.497 e. The molecule has 274 valence electrons. The van der Waals surface area contributed by atoms with Crippen molar-refractivity contribution in [2.75, 3.05) is 7.11 Å². The van der Waals surface area contributed by atoms with E-state index in [1.807, 2.05) is 60.7 Å². The van der Waals surface area contributed by atoms with E-state index in [0.29, 0.717) is 55.0 Å².